The fourth-order valence-electron chi connectivity index (χ4n) is 1.75. The molecule has 0 fully saturated rings. The van der Waals surface area contributed by atoms with Crippen LogP contribution in [0.4, 0.5) is 20.2 Å². The topological polar surface area (TPSA) is 81.5 Å². The molecule has 2 aromatic rings. The van der Waals surface area contributed by atoms with Gasteiger partial charge in [-0.05, 0) is 25.1 Å². The summed E-state index contributed by atoms with van der Waals surface area (Å²) in [4.78, 5) is 22.0. The van der Waals surface area contributed by atoms with E-state index in [1.807, 2.05) is 0 Å². The third-order valence-corrected chi connectivity index (χ3v) is 2.90. The molecule has 0 spiro atoms. The summed E-state index contributed by atoms with van der Waals surface area (Å²) in [5, 5.41) is 12.9. The number of nitrogens with one attached hydrogen (secondary N) is 1. The predicted molar refractivity (Wildman–Crippen MR) is 78.2 cm³/mol. The maximum atomic E-state index is 13.5. The summed E-state index contributed by atoms with van der Waals surface area (Å²) < 4.78 is 31.6. The number of amides is 1. The Bertz CT molecular complexity index is 752. The molecular weight excluding hydrogens is 310 g/mol. The number of anilines is 1. The quantitative estimate of drug-likeness (QED) is 0.676. The molecule has 8 heteroatoms. The van der Waals surface area contributed by atoms with Crippen LogP contribution in [0.25, 0.3) is 0 Å². The molecule has 23 heavy (non-hydrogen) atoms. The van der Waals surface area contributed by atoms with Crippen LogP contribution >= 0.6 is 0 Å². The van der Waals surface area contributed by atoms with E-state index < -0.39 is 28.6 Å². The van der Waals surface area contributed by atoms with E-state index in [2.05, 4.69) is 5.32 Å². The number of nitrogens with zero attached hydrogens (tertiary/aromatic N) is 1. The zero-order valence-corrected chi connectivity index (χ0v) is 12.0. The van der Waals surface area contributed by atoms with Crippen molar-refractivity contribution >= 4 is 17.3 Å². The summed E-state index contributed by atoms with van der Waals surface area (Å²) in [7, 11) is 0. The summed E-state index contributed by atoms with van der Waals surface area (Å²) in [6.07, 6.45) is -1.04. The van der Waals surface area contributed by atoms with Crippen LogP contribution in [0.15, 0.2) is 42.5 Å². The molecule has 0 unspecified atom stereocenters. The maximum absolute atomic E-state index is 13.5. The minimum Gasteiger partial charge on any atom is -0.481 e. The second-order valence-electron chi connectivity index (χ2n) is 4.63. The standard InChI is InChI=1S/C15H12F2N2O4/c1-9(23-12-4-2-3-11(8-12)19(21)22)15(20)18-14-6-5-10(16)7-13(14)17/h2-9H,1H3,(H,18,20)/t9-/m0/s1. The molecule has 0 aliphatic rings. The highest BCUT2D eigenvalue weighted by Crippen LogP contribution is 2.21. The highest BCUT2D eigenvalue weighted by atomic mass is 19.1. The molecule has 0 heterocycles. The van der Waals surface area contributed by atoms with Gasteiger partial charge >= 0.3 is 0 Å². The largest absolute Gasteiger partial charge is 0.481 e. The van der Waals surface area contributed by atoms with Gasteiger partial charge in [-0.25, -0.2) is 8.78 Å². The number of benzene rings is 2. The molecule has 2 aromatic carbocycles. The molecule has 0 bridgehead atoms. The minimum atomic E-state index is -1.04. The van der Waals surface area contributed by atoms with Crippen molar-refractivity contribution in [2.24, 2.45) is 0 Å². The van der Waals surface area contributed by atoms with E-state index in [0.29, 0.717) is 6.07 Å². The lowest BCUT2D eigenvalue weighted by Crippen LogP contribution is -2.30. The van der Waals surface area contributed by atoms with Crippen LogP contribution in [0, 0.1) is 21.7 Å². The molecule has 2 rings (SSSR count). The van der Waals surface area contributed by atoms with Crippen LogP contribution in [-0.2, 0) is 4.79 Å². The number of halogens is 2. The van der Waals surface area contributed by atoms with Gasteiger partial charge in [-0.15, -0.1) is 0 Å². The van der Waals surface area contributed by atoms with Crippen molar-refractivity contribution in [3.8, 4) is 5.75 Å². The zero-order chi connectivity index (χ0) is 17.0. The Balaban J connectivity index is 2.05. The number of nitro benzene ring substituents is 1. The summed E-state index contributed by atoms with van der Waals surface area (Å²) in [6.45, 7) is 1.40. The molecular formula is C15H12F2N2O4. The first-order valence-corrected chi connectivity index (χ1v) is 6.54. The van der Waals surface area contributed by atoms with E-state index >= 15 is 0 Å². The number of nitro groups is 1. The number of ether oxygens (including phenoxy) is 1. The van der Waals surface area contributed by atoms with Crippen molar-refractivity contribution in [3.63, 3.8) is 0 Å². The van der Waals surface area contributed by atoms with Crippen molar-refractivity contribution in [2.45, 2.75) is 13.0 Å². The van der Waals surface area contributed by atoms with Gasteiger partial charge in [0.2, 0.25) is 0 Å². The highest BCUT2D eigenvalue weighted by Gasteiger charge is 2.18. The van der Waals surface area contributed by atoms with Crippen LogP contribution in [0.1, 0.15) is 6.92 Å². The van der Waals surface area contributed by atoms with Gasteiger partial charge in [-0.1, -0.05) is 6.07 Å². The first-order valence-electron chi connectivity index (χ1n) is 6.54. The molecule has 0 aliphatic heterocycles. The van der Waals surface area contributed by atoms with Crippen LogP contribution in [0.2, 0.25) is 0 Å². The van der Waals surface area contributed by atoms with E-state index in [0.717, 1.165) is 12.1 Å². The summed E-state index contributed by atoms with van der Waals surface area (Å²) in [6, 6.07) is 8.05. The van der Waals surface area contributed by atoms with Gasteiger partial charge in [0.05, 0.1) is 16.7 Å². The van der Waals surface area contributed by atoms with E-state index in [1.54, 1.807) is 0 Å². The lowest BCUT2D eigenvalue weighted by Gasteiger charge is -2.15. The van der Waals surface area contributed by atoms with Crippen LogP contribution in [0.5, 0.6) is 5.75 Å². The van der Waals surface area contributed by atoms with E-state index in [9.17, 15) is 23.7 Å². The first kappa shape index (κ1) is 16.3. The normalized spacial score (nSPS) is 11.6. The molecule has 1 atom stereocenters. The molecule has 0 aliphatic carbocycles. The number of carbonyl (C=O) groups is 1. The summed E-state index contributed by atoms with van der Waals surface area (Å²) in [5.41, 5.74) is -0.370. The van der Waals surface area contributed by atoms with Crippen LogP contribution in [0.3, 0.4) is 0 Å². The first-order chi connectivity index (χ1) is 10.9. The second kappa shape index (κ2) is 6.82. The number of carbonyl (C=O) groups excluding carboxylic acids is 1. The molecule has 1 N–H and O–H groups in total. The summed E-state index contributed by atoms with van der Waals surface area (Å²) >= 11 is 0. The molecule has 0 aromatic heterocycles. The molecule has 6 nitrogen and oxygen atoms in total. The maximum Gasteiger partial charge on any atom is 0.273 e. The Hall–Kier alpha value is -3.03. The van der Waals surface area contributed by atoms with Gasteiger partial charge in [0.15, 0.2) is 6.10 Å². The van der Waals surface area contributed by atoms with Gasteiger partial charge in [0.25, 0.3) is 11.6 Å². The van der Waals surface area contributed by atoms with Crippen LogP contribution < -0.4 is 10.1 Å². The fraction of sp³-hybridized carbons (Fsp3) is 0.133. The van der Waals surface area contributed by atoms with Crippen molar-refractivity contribution in [2.75, 3.05) is 5.32 Å². The van der Waals surface area contributed by atoms with E-state index in [4.69, 9.17) is 4.74 Å². The van der Waals surface area contributed by atoms with Crippen LogP contribution in [-0.4, -0.2) is 16.9 Å². The predicted octanol–water partition coefficient (Wildman–Crippen LogP) is 3.28. The van der Waals surface area contributed by atoms with Crippen molar-refractivity contribution in [3.05, 3.63) is 64.2 Å². The van der Waals surface area contributed by atoms with E-state index in [1.165, 1.54) is 31.2 Å². The Labute approximate surface area is 129 Å². The lowest BCUT2D eigenvalue weighted by atomic mass is 10.2. The van der Waals surface area contributed by atoms with Crippen molar-refractivity contribution in [1.82, 2.24) is 0 Å². The van der Waals surface area contributed by atoms with E-state index in [-0.39, 0.29) is 17.1 Å². The Morgan fingerprint density at radius 3 is 2.65 bits per heavy atom. The molecule has 1 amide bonds. The van der Waals surface area contributed by atoms with Crippen molar-refractivity contribution in [1.29, 1.82) is 0 Å². The molecule has 0 saturated carbocycles. The molecule has 0 radical (unpaired) electrons. The van der Waals surface area contributed by atoms with Gasteiger partial charge in [-0.2, -0.15) is 0 Å². The smallest absolute Gasteiger partial charge is 0.273 e. The average molecular weight is 322 g/mol. The number of hydrogen-bond donors (Lipinski definition) is 1. The Morgan fingerprint density at radius 1 is 1.26 bits per heavy atom. The number of non-ortho nitro benzene ring substituents is 1. The van der Waals surface area contributed by atoms with Gasteiger partial charge in [-0.3, -0.25) is 14.9 Å². The average Bonchev–Trinajstić information content (AvgIpc) is 2.50. The van der Waals surface area contributed by atoms with Gasteiger partial charge < -0.3 is 10.1 Å². The third kappa shape index (κ3) is 4.22. The lowest BCUT2D eigenvalue weighted by molar-refractivity contribution is -0.384. The highest BCUT2D eigenvalue weighted by molar-refractivity contribution is 5.94. The summed E-state index contributed by atoms with van der Waals surface area (Å²) in [5.74, 6) is -2.23. The zero-order valence-electron chi connectivity index (χ0n) is 12.0. The monoisotopic (exact) mass is 322 g/mol. The molecule has 120 valence electrons. The molecule has 0 saturated heterocycles. The van der Waals surface area contributed by atoms with Gasteiger partial charge in [0.1, 0.15) is 17.4 Å². The Kier molecular flexibility index (Phi) is 4.85. The SMILES string of the molecule is C[C@H](Oc1cccc([N+](=O)[O-])c1)C(=O)Nc1ccc(F)cc1F. The Morgan fingerprint density at radius 2 is 2.00 bits per heavy atom. The number of rotatable bonds is 5. The van der Waals surface area contributed by atoms with Gasteiger partial charge in [0, 0.05) is 12.1 Å². The minimum absolute atomic E-state index is 0.126. The fourth-order valence-corrected chi connectivity index (χ4v) is 1.75. The third-order valence-electron chi connectivity index (χ3n) is 2.90. The second-order valence-corrected chi connectivity index (χ2v) is 4.63. The van der Waals surface area contributed by atoms with Crippen molar-refractivity contribution < 1.29 is 23.2 Å². The number of hydrogen-bond acceptors (Lipinski definition) is 4.